The summed E-state index contributed by atoms with van der Waals surface area (Å²) in [5, 5.41) is 0. The van der Waals surface area contributed by atoms with Crippen molar-refractivity contribution in [3.8, 4) is 0 Å². The summed E-state index contributed by atoms with van der Waals surface area (Å²) in [4.78, 5) is 0. The van der Waals surface area contributed by atoms with Gasteiger partial charge in [0, 0.05) is 0 Å². The Morgan fingerprint density at radius 3 is 2.23 bits per heavy atom. The van der Waals surface area contributed by atoms with E-state index >= 15 is 0 Å². The molecule has 3 fully saturated rings. The molecule has 0 heteroatoms. The molecule has 0 bridgehead atoms. The Labute approximate surface area is 195 Å². The molecule has 0 aliphatic heterocycles. The molecule has 3 aliphatic rings. The van der Waals surface area contributed by atoms with Gasteiger partial charge in [-0.25, -0.2) is 0 Å². The van der Waals surface area contributed by atoms with Gasteiger partial charge < -0.3 is 0 Å². The van der Waals surface area contributed by atoms with Crippen molar-refractivity contribution in [2.45, 2.75) is 129 Å². The molecule has 0 aromatic rings. The predicted molar refractivity (Wildman–Crippen MR) is 138 cm³/mol. The summed E-state index contributed by atoms with van der Waals surface area (Å²) in [6.07, 6.45) is 32.8. The van der Waals surface area contributed by atoms with E-state index in [4.69, 9.17) is 6.58 Å². The van der Waals surface area contributed by atoms with E-state index in [-0.39, 0.29) is 0 Å². The van der Waals surface area contributed by atoms with Crippen molar-refractivity contribution in [1.29, 1.82) is 0 Å². The Morgan fingerprint density at radius 2 is 1.52 bits per heavy atom. The molecule has 3 saturated carbocycles. The zero-order valence-corrected chi connectivity index (χ0v) is 21.1. The fourth-order valence-electron chi connectivity index (χ4n) is 7.13. The van der Waals surface area contributed by atoms with E-state index in [2.05, 4.69) is 32.1 Å². The fraction of sp³-hybridized carbons (Fsp3) is 0.806. The second kappa shape index (κ2) is 13.7. The molecular weight excluding hydrogens is 372 g/mol. The van der Waals surface area contributed by atoms with Gasteiger partial charge in [-0.15, -0.1) is 0 Å². The molecule has 2 unspecified atom stereocenters. The highest BCUT2D eigenvalue weighted by Gasteiger charge is 2.32. The second-order valence-corrected chi connectivity index (χ2v) is 11.2. The first-order valence-electron chi connectivity index (χ1n) is 14.2. The van der Waals surface area contributed by atoms with Crippen LogP contribution in [-0.2, 0) is 0 Å². The maximum absolute atomic E-state index is 4.75. The molecule has 3 rings (SSSR count). The van der Waals surface area contributed by atoms with Crippen molar-refractivity contribution in [3.63, 3.8) is 0 Å². The summed E-state index contributed by atoms with van der Waals surface area (Å²) in [5.74, 6) is 4.46. The summed E-state index contributed by atoms with van der Waals surface area (Å²) in [6.45, 7) is 9.29. The maximum Gasteiger partial charge on any atom is -0.0175 e. The van der Waals surface area contributed by atoms with Gasteiger partial charge in [-0.3, -0.25) is 0 Å². The van der Waals surface area contributed by atoms with Gasteiger partial charge in [-0.1, -0.05) is 81.4 Å². The molecule has 0 nitrogen and oxygen atoms in total. The third kappa shape index (κ3) is 7.64. The van der Waals surface area contributed by atoms with Crippen molar-refractivity contribution in [2.75, 3.05) is 0 Å². The third-order valence-electron chi connectivity index (χ3n) is 9.24. The zero-order valence-electron chi connectivity index (χ0n) is 21.1. The Morgan fingerprint density at radius 1 is 0.806 bits per heavy atom. The van der Waals surface area contributed by atoms with Gasteiger partial charge >= 0.3 is 0 Å². The molecule has 0 radical (unpaired) electrons. The molecule has 2 atom stereocenters. The van der Waals surface area contributed by atoms with Crippen molar-refractivity contribution in [3.05, 3.63) is 36.0 Å². The van der Waals surface area contributed by atoms with E-state index in [0.29, 0.717) is 0 Å². The van der Waals surface area contributed by atoms with Crippen LogP contribution in [-0.4, -0.2) is 0 Å². The van der Waals surface area contributed by atoms with Crippen LogP contribution in [0.15, 0.2) is 36.0 Å². The molecule has 0 aromatic carbocycles. The Hall–Kier alpha value is -0.780. The average molecular weight is 425 g/mol. The van der Waals surface area contributed by atoms with Crippen molar-refractivity contribution in [1.82, 2.24) is 0 Å². The minimum atomic E-state index is 0.825. The second-order valence-electron chi connectivity index (χ2n) is 11.2. The number of hydrogen-bond donors (Lipinski definition) is 0. The van der Waals surface area contributed by atoms with Crippen LogP contribution in [0.25, 0.3) is 0 Å². The van der Waals surface area contributed by atoms with Crippen LogP contribution in [0.2, 0.25) is 0 Å². The highest BCUT2D eigenvalue weighted by molar-refractivity contribution is 5.12. The van der Waals surface area contributed by atoms with Gasteiger partial charge in [0.2, 0.25) is 0 Å². The lowest BCUT2D eigenvalue weighted by molar-refractivity contribution is 0.217. The van der Waals surface area contributed by atoms with Crippen LogP contribution in [0.5, 0.6) is 0 Å². The Bertz CT molecular complexity index is 565. The minimum absolute atomic E-state index is 0.825. The van der Waals surface area contributed by atoms with Gasteiger partial charge in [-0.2, -0.15) is 0 Å². The lowest BCUT2D eigenvalue weighted by atomic mass is 9.67. The first kappa shape index (κ1) is 24.9. The molecule has 3 aliphatic carbocycles. The van der Waals surface area contributed by atoms with Crippen LogP contribution in [0.3, 0.4) is 0 Å². The topological polar surface area (TPSA) is 0 Å². The summed E-state index contributed by atoms with van der Waals surface area (Å²) < 4.78 is 0. The van der Waals surface area contributed by atoms with Crippen LogP contribution in [0.1, 0.15) is 129 Å². The normalized spacial score (nSPS) is 31.2. The standard InChI is InChI=1S/C31H52/c1-4-6-8-14-29(28-15-9-7-10-16-28)18-13-19-30-17-11-12-20-31(30)25(3)27-23-21-26(5-2)22-24-27/h4,6,18,26-28,30-31H,3,5,7-17,19-24H2,1-2H3/b6-4+,29-18+. The lowest BCUT2D eigenvalue weighted by Crippen LogP contribution is -2.26. The summed E-state index contributed by atoms with van der Waals surface area (Å²) >= 11 is 0. The van der Waals surface area contributed by atoms with Crippen molar-refractivity contribution < 1.29 is 0 Å². The number of rotatable bonds is 10. The molecule has 0 spiro atoms. The fourth-order valence-corrected chi connectivity index (χ4v) is 7.13. The van der Waals surface area contributed by atoms with Gasteiger partial charge in [0.15, 0.2) is 0 Å². The monoisotopic (exact) mass is 424 g/mol. The molecule has 31 heavy (non-hydrogen) atoms. The zero-order chi connectivity index (χ0) is 21.9. The van der Waals surface area contributed by atoms with Gasteiger partial charge in [0.05, 0.1) is 0 Å². The van der Waals surface area contributed by atoms with E-state index in [1.54, 1.807) is 5.57 Å². The van der Waals surface area contributed by atoms with Crippen LogP contribution in [0.4, 0.5) is 0 Å². The van der Waals surface area contributed by atoms with E-state index in [9.17, 15) is 0 Å². The van der Waals surface area contributed by atoms with Gasteiger partial charge in [0.1, 0.15) is 0 Å². The Kier molecular flexibility index (Phi) is 11.0. The maximum atomic E-state index is 4.75. The van der Waals surface area contributed by atoms with Crippen LogP contribution < -0.4 is 0 Å². The third-order valence-corrected chi connectivity index (χ3v) is 9.24. The summed E-state index contributed by atoms with van der Waals surface area (Å²) in [7, 11) is 0. The quantitative estimate of drug-likeness (QED) is 0.306. The van der Waals surface area contributed by atoms with E-state index in [1.807, 2.05) is 5.57 Å². The first-order chi connectivity index (χ1) is 15.2. The van der Waals surface area contributed by atoms with Crippen LogP contribution in [0, 0.1) is 29.6 Å². The van der Waals surface area contributed by atoms with Gasteiger partial charge in [0.25, 0.3) is 0 Å². The molecule has 0 amide bonds. The molecule has 0 N–H and O–H groups in total. The minimum Gasteiger partial charge on any atom is -0.0993 e. The van der Waals surface area contributed by atoms with E-state index in [1.165, 1.54) is 116 Å². The van der Waals surface area contributed by atoms with Crippen LogP contribution >= 0.6 is 0 Å². The first-order valence-corrected chi connectivity index (χ1v) is 14.2. The largest absolute Gasteiger partial charge is 0.0993 e. The molecular formula is C31H52. The van der Waals surface area contributed by atoms with Crippen molar-refractivity contribution in [2.24, 2.45) is 29.6 Å². The SMILES string of the molecule is C=C(C1CCC(CC)CC1)C1CCCCC1CC/C=C(\CC/C=C/C)C1CCCCC1. The van der Waals surface area contributed by atoms with Crippen molar-refractivity contribution >= 4 is 0 Å². The average Bonchev–Trinajstić information content (AvgIpc) is 2.83. The smallest absolute Gasteiger partial charge is 0.0175 e. The lowest BCUT2D eigenvalue weighted by Gasteiger charge is -2.38. The highest BCUT2D eigenvalue weighted by Crippen LogP contribution is 2.44. The van der Waals surface area contributed by atoms with Gasteiger partial charge in [-0.05, 0) is 114 Å². The molecule has 176 valence electrons. The van der Waals surface area contributed by atoms with E-state index < -0.39 is 0 Å². The number of allylic oxidation sites excluding steroid dienone is 5. The Balaban J connectivity index is 1.55. The van der Waals surface area contributed by atoms with E-state index in [0.717, 1.165) is 29.6 Å². The molecule has 0 heterocycles. The number of hydrogen-bond acceptors (Lipinski definition) is 0. The highest BCUT2D eigenvalue weighted by atomic mass is 14.4. The summed E-state index contributed by atoms with van der Waals surface area (Å²) in [6, 6.07) is 0. The summed E-state index contributed by atoms with van der Waals surface area (Å²) in [5.41, 5.74) is 3.48. The predicted octanol–water partition coefficient (Wildman–Crippen LogP) is 10.2. The molecule has 0 aromatic heterocycles. The molecule has 0 saturated heterocycles.